The average molecular weight is 346 g/mol. The molecule has 0 bridgehead atoms. The number of hydrogen-bond donors (Lipinski definition) is 0. The van der Waals surface area contributed by atoms with Crippen LogP contribution in [0, 0.1) is 6.92 Å². The van der Waals surface area contributed by atoms with Crippen molar-refractivity contribution in [2.75, 3.05) is 0 Å². The maximum Gasteiger partial charge on any atom is 0.0780 e. The number of hydrogen-bond acceptors (Lipinski definition) is 2. The van der Waals surface area contributed by atoms with Crippen LogP contribution in [-0.4, -0.2) is 9.97 Å². The Balaban J connectivity index is 1.76. The molecule has 27 heavy (non-hydrogen) atoms. The molecule has 0 atom stereocenters. The molecule has 0 aliphatic heterocycles. The van der Waals surface area contributed by atoms with Crippen molar-refractivity contribution in [3.8, 4) is 22.3 Å². The SMILES string of the molecule is Cc1cc(-c2cccc3cccnc23)cc(-c2cccc3cccnc23)c1. The number of nitrogens with zero attached hydrogens (tertiary/aromatic N) is 2. The third-order valence-corrected chi connectivity index (χ3v) is 4.96. The van der Waals surface area contributed by atoms with E-state index in [2.05, 4.69) is 83.6 Å². The number of benzene rings is 3. The van der Waals surface area contributed by atoms with Crippen molar-refractivity contribution in [2.24, 2.45) is 0 Å². The van der Waals surface area contributed by atoms with Gasteiger partial charge < -0.3 is 0 Å². The maximum atomic E-state index is 4.63. The average Bonchev–Trinajstić information content (AvgIpc) is 2.72. The highest BCUT2D eigenvalue weighted by Gasteiger charge is 2.10. The highest BCUT2D eigenvalue weighted by Crippen LogP contribution is 2.34. The van der Waals surface area contributed by atoms with Gasteiger partial charge in [-0.2, -0.15) is 0 Å². The van der Waals surface area contributed by atoms with Crippen LogP contribution in [0.15, 0.2) is 91.3 Å². The van der Waals surface area contributed by atoms with E-state index in [0.717, 1.165) is 32.9 Å². The van der Waals surface area contributed by atoms with Crippen molar-refractivity contribution in [2.45, 2.75) is 6.92 Å². The Kier molecular flexibility index (Phi) is 3.68. The summed E-state index contributed by atoms with van der Waals surface area (Å²) in [5, 5.41) is 2.31. The Labute approximate surface area is 158 Å². The summed E-state index contributed by atoms with van der Waals surface area (Å²) < 4.78 is 0. The highest BCUT2D eigenvalue weighted by atomic mass is 14.7. The summed E-state index contributed by atoms with van der Waals surface area (Å²) in [6, 6.07) is 27.6. The van der Waals surface area contributed by atoms with Crippen molar-refractivity contribution < 1.29 is 0 Å². The lowest BCUT2D eigenvalue weighted by molar-refractivity contribution is 1.40. The number of pyridine rings is 2. The Morgan fingerprint density at radius 3 is 1.56 bits per heavy atom. The Hall–Kier alpha value is -3.52. The van der Waals surface area contributed by atoms with Gasteiger partial charge in [-0.25, -0.2) is 0 Å². The summed E-state index contributed by atoms with van der Waals surface area (Å²) in [5.41, 5.74) is 7.98. The molecule has 0 N–H and O–H groups in total. The molecule has 128 valence electrons. The fraction of sp³-hybridized carbons (Fsp3) is 0.0400. The zero-order valence-electron chi connectivity index (χ0n) is 15.1. The lowest BCUT2D eigenvalue weighted by Gasteiger charge is -2.11. The van der Waals surface area contributed by atoms with Gasteiger partial charge in [-0.15, -0.1) is 0 Å². The fourth-order valence-corrected chi connectivity index (χ4v) is 3.77. The van der Waals surface area contributed by atoms with Gasteiger partial charge in [0.2, 0.25) is 0 Å². The topological polar surface area (TPSA) is 25.8 Å². The summed E-state index contributed by atoms with van der Waals surface area (Å²) >= 11 is 0. The van der Waals surface area contributed by atoms with Crippen LogP contribution in [-0.2, 0) is 0 Å². The third kappa shape index (κ3) is 2.76. The van der Waals surface area contributed by atoms with Crippen molar-refractivity contribution in [3.63, 3.8) is 0 Å². The quantitative estimate of drug-likeness (QED) is 0.368. The van der Waals surface area contributed by atoms with Crippen LogP contribution in [0.5, 0.6) is 0 Å². The molecule has 0 saturated carbocycles. The molecule has 5 aromatic rings. The minimum Gasteiger partial charge on any atom is -0.256 e. The van der Waals surface area contributed by atoms with Gasteiger partial charge in [0.1, 0.15) is 0 Å². The zero-order valence-corrected chi connectivity index (χ0v) is 15.1. The second-order valence-corrected chi connectivity index (χ2v) is 6.85. The molecule has 0 unspecified atom stereocenters. The van der Waals surface area contributed by atoms with Gasteiger partial charge in [-0.1, -0.05) is 60.7 Å². The van der Waals surface area contributed by atoms with Crippen LogP contribution in [0.25, 0.3) is 44.1 Å². The Bertz CT molecular complexity index is 1180. The molecule has 0 aliphatic rings. The number of para-hydroxylation sites is 2. The van der Waals surface area contributed by atoms with Crippen molar-refractivity contribution in [1.82, 2.24) is 9.97 Å². The van der Waals surface area contributed by atoms with Crippen LogP contribution >= 0.6 is 0 Å². The second kappa shape index (κ2) is 6.33. The van der Waals surface area contributed by atoms with Crippen LogP contribution in [0.4, 0.5) is 0 Å². The predicted octanol–water partition coefficient (Wildman–Crippen LogP) is 6.43. The largest absolute Gasteiger partial charge is 0.256 e. The minimum atomic E-state index is 1.03. The number of fused-ring (bicyclic) bond motifs is 2. The van der Waals surface area contributed by atoms with Crippen LogP contribution in [0.2, 0.25) is 0 Å². The zero-order chi connectivity index (χ0) is 18.2. The molecule has 2 heterocycles. The molecule has 0 aliphatic carbocycles. The molecule has 0 saturated heterocycles. The fourth-order valence-electron chi connectivity index (χ4n) is 3.77. The van der Waals surface area contributed by atoms with E-state index < -0.39 is 0 Å². The van der Waals surface area contributed by atoms with Gasteiger partial charge in [0.05, 0.1) is 11.0 Å². The molecule has 2 heteroatoms. The van der Waals surface area contributed by atoms with E-state index in [-0.39, 0.29) is 0 Å². The first kappa shape index (κ1) is 15.7. The number of aromatic nitrogens is 2. The first-order chi connectivity index (χ1) is 13.3. The van der Waals surface area contributed by atoms with Crippen LogP contribution in [0.3, 0.4) is 0 Å². The van der Waals surface area contributed by atoms with E-state index >= 15 is 0 Å². The lowest BCUT2D eigenvalue weighted by Crippen LogP contribution is -1.89. The molecule has 0 radical (unpaired) electrons. The summed E-state index contributed by atoms with van der Waals surface area (Å²) in [4.78, 5) is 9.25. The molecule has 0 spiro atoms. The molecule has 0 fully saturated rings. The third-order valence-electron chi connectivity index (χ3n) is 4.96. The standard InChI is InChI=1S/C25H18N2/c1-17-14-20(22-10-2-6-18-8-4-12-26-24(18)22)16-21(15-17)23-11-3-7-19-9-5-13-27-25(19)23/h2-16H,1H3. The summed E-state index contributed by atoms with van der Waals surface area (Å²) in [7, 11) is 0. The molecule has 5 rings (SSSR count). The van der Waals surface area contributed by atoms with E-state index in [4.69, 9.17) is 0 Å². The predicted molar refractivity (Wildman–Crippen MR) is 113 cm³/mol. The van der Waals surface area contributed by atoms with Gasteiger partial charge in [0, 0.05) is 34.3 Å². The number of aryl methyl sites for hydroxylation is 1. The van der Waals surface area contributed by atoms with E-state index in [9.17, 15) is 0 Å². The van der Waals surface area contributed by atoms with E-state index in [1.165, 1.54) is 16.7 Å². The number of rotatable bonds is 2. The van der Waals surface area contributed by atoms with Crippen LogP contribution < -0.4 is 0 Å². The van der Waals surface area contributed by atoms with E-state index in [1.807, 2.05) is 24.5 Å². The molecular weight excluding hydrogens is 328 g/mol. The highest BCUT2D eigenvalue weighted by molar-refractivity contribution is 5.97. The van der Waals surface area contributed by atoms with E-state index in [0.29, 0.717) is 0 Å². The first-order valence-electron chi connectivity index (χ1n) is 9.09. The normalized spacial score (nSPS) is 11.1. The van der Waals surface area contributed by atoms with Gasteiger partial charge >= 0.3 is 0 Å². The van der Waals surface area contributed by atoms with Gasteiger partial charge in [0.25, 0.3) is 0 Å². The smallest absolute Gasteiger partial charge is 0.0780 e. The lowest BCUT2D eigenvalue weighted by atomic mass is 9.94. The molecule has 2 nitrogen and oxygen atoms in total. The summed E-state index contributed by atoms with van der Waals surface area (Å²) in [6.45, 7) is 2.14. The monoisotopic (exact) mass is 346 g/mol. The Morgan fingerprint density at radius 1 is 0.556 bits per heavy atom. The second-order valence-electron chi connectivity index (χ2n) is 6.85. The van der Waals surface area contributed by atoms with Crippen molar-refractivity contribution in [3.05, 3.63) is 96.8 Å². The van der Waals surface area contributed by atoms with Crippen molar-refractivity contribution >= 4 is 21.8 Å². The molecule has 3 aromatic carbocycles. The molecule has 0 amide bonds. The first-order valence-corrected chi connectivity index (χ1v) is 9.09. The summed E-state index contributed by atoms with van der Waals surface area (Å²) in [6.07, 6.45) is 3.72. The molecule has 2 aromatic heterocycles. The maximum absolute atomic E-state index is 4.63. The minimum absolute atomic E-state index is 1.03. The van der Waals surface area contributed by atoms with Gasteiger partial charge in [-0.05, 0) is 41.8 Å². The van der Waals surface area contributed by atoms with Gasteiger partial charge in [-0.3, -0.25) is 9.97 Å². The van der Waals surface area contributed by atoms with E-state index in [1.54, 1.807) is 0 Å². The Morgan fingerprint density at radius 2 is 1.04 bits per heavy atom. The summed E-state index contributed by atoms with van der Waals surface area (Å²) in [5.74, 6) is 0. The van der Waals surface area contributed by atoms with Gasteiger partial charge in [0.15, 0.2) is 0 Å². The van der Waals surface area contributed by atoms with Crippen LogP contribution in [0.1, 0.15) is 5.56 Å². The molecular formula is C25H18N2. The van der Waals surface area contributed by atoms with Crippen molar-refractivity contribution in [1.29, 1.82) is 0 Å².